The summed E-state index contributed by atoms with van der Waals surface area (Å²) in [5, 5.41) is 7.47. The lowest BCUT2D eigenvalue weighted by molar-refractivity contribution is 0.367. The van der Waals surface area contributed by atoms with E-state index in [1.165, 1.54) is 4.57 Å². The van der Waals surface area contributed by atoms with Crippen molar-refractivity contribution in [3.8, 4) is 11.4 Å². The van der Waals surface area contributed by atoms with Crippen LogP contribution in [0.2, 0.25) is 0 Å². The number of aryl methyl sites for hydroxylation is 1. The normalized spacial score (nSPS) is 12.7. The quantitative estimate of drug-likeness (QED) is 0.795. The molecule has 0 saturated heterocycles. The van der Waals surface area contributed by atoms with Crippen molar-refractivity contribution in [1.29, 1.82) is 0 Å². The Morgan fingerprint density at radius 3 is 2.40 bits per heavy atom. The Bertz CT molecular complexity index is 747. The zero-order chi connectivity index (χ0) is 15.1. The van der Waals surface area contributed by atoms with Crippen LogP contribution in [-0.4, -0.2) is 28.2 Å². The number of pyridine rings is 1. The van der Waals surface area contributed by atoms with Crippen molar-refractivity contribution >= 4 is 19.7 Å². The third kappa shape index (κ3) is 2.69. The van der Waals surface area contributed by atoms with Gasteiger partial charge in [-0.05, 0) is 39.8 Å². The maximum atomic E-state index is 11.7. The van der Waals surface area contributed by atoms with Gasteiger partial charge in [-0.2, -0.15) is 0 Å². The molecule has 108 valence electrons. The van der Waals surface area contributed by atoms with E-state index in [0.717, 1.165) is 11.3 Å². The van der Waals surface area contributed by atoms with Crippen LogP contribution < -0.4 is 0 Å². The van der Waals surface area contributed by atoms with Crippen LogP contribution in [0.25, 0.3) is 11.4 Å². The van der Waals surface area contributed by atoms with Gasteiger partial charge in [0.25, 0.3) is 14.2 Å². The number of hydrogen-bond acceptors (Lipinski definition) is 5. The summed E-state index contributed by atoms with van der Waals surface area (Å²) >= 11 is 0. The topological polar surface area (TPSA) is 77.7 Å². The molecule has 0 aliphatic carbocycles. The third-order valence-corrected chi connectivity index (χ3v) is 3.88. The monoisotopic (exact) mass is 314 g/mol. The van der Waals surface area contributed by atoms with Crippen LogP contribution in [0.1, 0.15) is 26.5 Å². The molecule has 0 N–H and O–H groups in total. The Kier molecular flexibility index (Phi) is 3.60. The highest BCUT2D eigenvalue weighted by atomic mass is 35.7. The van der Waals surface area contributed by atoms with Gasteiger partial charge in [0, 0.05) is 33.7 Å². The largest absolute Gasteiger partial charge is 0.296 e. The van der Waals surface area contributed by atoms with Crippen LogP contribution in [0, 0.1) is 6.92 Å². The van der Waals surface area contributed by atoms with E-state index >= 15 is 0 Å². The fourth-order valence-corrected chi connectivity index (χ4v) is 2.94. The van der Waals surface area contributed by atoms with Gasteiger partial charge in [-0.1, -0.05) is 0 Å². The zero-order valence-electron chi connectivity index (χ0n) is 11.6. The molecule has 0 radical (unpaired) electrons. The first-order chi connectivity index (χ1) is 9.12. The predicted octanol–water partition coefficient (Wildman–Crippen LogP) is 2.33. The molecule has 0 saturated carbocycles. The predicted molar refractivity (Wildman–Crippen MR) is 76.0 cm³/mol. The molecule has 0 spiro atoms. The molecule has 0 bridgehead atoms. The highest BCUT2D eigenvalue weighted by Gasteiger charge is 2.30. The summed E-state index contributed by atoms with van der Waals surface area (Å²) in [6.07, 6.45) is 1.66. The van der Waals surface area contributed by atoms with Crippen molar-refractivity contribution in [3.05, 3.63) is 24.0 Å². The lowest BCUT2D eigenvalue weighted by Crippen LogP contribution is -2.26. The number of nitrogens with zero attached hydrogens (tertiary/aromatic N) is 4. The second-order valence-corrected chi connectivity index (χ2v) is 7.85. The maximum Gasteiger partial charge on any atom is 0.296 e. The van der Waals surface area contributed by atoms with Crippen molar-refractivity contribution < 1.29 is 8.42 Å². The second-order valence-electron chi connectivity index (χ2n) is 5.39. The molecular weight excluding hydrogens is 300 g/mol. The van der Waals surface area contributed by atoms with Crippen LogP contribution in [0.3, 0.4) is 0 Å². The summed E-state index contributed by atoms with van der Waals surface area (Å²) in [4.78, 5) is 4.19. The molecule has 20 heavy (non-hydrogen) atoms. The minimum Gasteiger partial charge on any atom is -0.291 e. The van der Waals surface area contributed by atoms with E-state index in [0.29, 0.717) is 5.82 Å². The average Bonchev–Trinajstić information content (AvgIpc) is 2.73. The molecule has 2 aromatic rings. The molecule has 0 aliphatic heterocycles. The van der Waals surface area contributed by atoms with Crippen LogP contribution >= 0.6 is 10.7 Å². The Hall–Kier alpha value is -1.47. The Morgan fingerprint density at radius 1 is 1.25 bits per heavy atom. The highest BCUT2D eigenvalue weighted by Crippen LogP contribution is 2.30. The molecule has 8 heteroatoms. The second kappa shape index (κ2) is 4.82. The zero-order valence-corrected chi connectivity index (χ0v) is 13.2. The summed E-state index contributed by atoms with van der Waals surface area (Å²) < 4.78 is 24.8. The lowest BCUT2D eigenvalue weighted by atomic mass is 10.1. The summed E-state index contributed by atoms with van der Waals surface area (Å²) in [5.41, 5.74) is 0.920. The van der Waals surface area contributed by atoms with E-state index in [2.05, 4.69) is 15.2 Å². The van der Waals surface area contributed by atoms with E-state index in [1.807, 2.05) is 33.8 Å². The first-order valence-electron chi connectivity index (χ1n) is 5.95. The summed E-state index contributed by atoms with van der Waals surface area (Å²) in [6.45, 7) is 7.40. The molecule has 0 aliphatic rings. The fourth-order valence-electron chi connectivity index (χ4n) is 1.93. The van der Waals surface area contributed by atoms with Gasteiger partial charge in [0.2, 0.25) is 0 Å². The smallest absolute Gasteiger partial charge is 0.291 e. The molecule has 6 nitrogen and oxygen atoms in total. The third-order valence-electron chi connectivity index (χ3n) is 2.77. The fraction of sp³-hybridized carbons (Fsp3) is 0.417. The van der Waals surface area contributed by atoms with Crippen LogP contribution in [0.4, 0.5) is 0 Å². The maximum absolute atomic E-state index is 11.7. The van der Waals surface area contributed by atoms with Crippen LogP contribution in [0.5, 0.6) is 0 Å². The molecular formula is C12H15ClN4O2S. The van der Waals surface area contributed by atoms with Gasteiger partial charge in [0.1, 0.15) is 0 Å². The van der Waals surface area contributed by atoms with Crippen molar-refractivity contribution in [2.45, 2.75) is 38.4 Å². The average molecular weight is 315 g/mol. The van der Waals surface area contributed by atoms with Crippen LogP contribution in [-0.2, 0) is 14.6 Å². The first kappa shape index (κ1) is 14.9. The van der Waals surface area contributed by atoms with E-state index < -0.39 is 14.6 Å². The van der Waals surface area contributed by atoms with Gasteiger partial charge in [0.05, 0.1) is 0 Å². The van der Waals surface area contributed by atoms with Gasteiger partial charge >= 0.3 is 0 Å². The highest BCUT2D eigenvalue weighted by molar-refractivity contribution is 8.13. The Morgan fingerprint density at radius 2 is 1.90 bits per heavy atom. The van der Waals surface area contributed by atoms with Gasteiger partial charge in [-0.25, -0.2) is 8.42 Å². The molecule has 2 heterocycles. The molecule has 2 rings (SSSR count). The summed E-state index contributed by atoms with van der Waals surface area (Å²) in [5.74, 6) is 0.433. The van der Waals surface area contributed by atoms with Gasteiger partial charge in [-0.3, -0.25) is 9.55 Å². The standard InChI is InChI=1S/C12H15ClN4O2S/c1-8-9(6-5-7-14-8)10-15-16-11(20(13,18)19)17(10)12(2,3)4/h5-7H,1-4H3. The van der Waals surface area contributed by atoms with Gasteiger partial charge in [-0.15, -0.1) is 10.2 Å². The SMILES string of the molecule is Cc1ncccc1-c1nnc(S(=O)(=O)Cl)n1C(C)(C)C. The van der Waals surface area contributed by atoms with Crippen LogP contribution in [0.15, 0.2) is 23.5 Å². The summed E-state index contributed by atoms with van der Waals surface area (Å²) in [7, 11) is 1.47. The Balaban J connectivity index is 2.81. The van der Waals surface area contributed by atoms with E-state index in [-0.39, 0.29) is 5.16 Å². The molecule has 0 fully saturated rings. The molecule has 0 unspecified atom stereocenters. The van der Waals surface area contributed by atoms with Crippen molar-refractivity contribution in [2.24, 2.45) is 0 Å². The van der Waals surface area contributed by atoms with Gasteiger partial charge in [0.15, 0.2) is 5.82 Å². The minimum atomic E-state index is -3.98. The molecule has 0 amide bonds. The number of rotatable bonds is 2. The van der Waals surface area contributed by atoms with Crippen molar-refractivity contribution in [2.75, 3.05) is 0 Å². The van der Waals surface area contributed by atoms with Gasteiger partial charge < -0.3 is 0 Å². The van der Waals surface area contributed by atoms with Crippen molar-refractivity contribution in [1.82, 2.24) is 19.7 Å². The lowest BCUT2D eigenvalue weighted by Gasteiger charge is -2.24. The molecule has 0 atom stereocenters. The molecule has 2 aromatic heterocycles. The number of aromatic nitrogens is 4. The molecule has 0 aromatic carbocycles. The van der Waals surface area contributed by atoms with Crippen molar-refractivity contribution in [3.63, 3.8) is 0 Å². The Labute approximate surface area is 122 Å². The minimum absolute atomic E-state index is 0.259. The summed E-state index contributed by atoms with van der Waals surface area (Å²) in [6, 6.07) is 3.58. The van der Waals surface area contributed by atoms with E-state index in [4.69, 9.17) is 10.7 Å². The number of halogens is 1. The van der Waals surface area contributed by atoms with E-state index in [1.54, 1.807) is 12.3 Å². The van der Waals surface area contributed by atoms with E-state index in [9.17, 15) is 8.42 Å². The number of hydrogen-bond donors (Lipinski definition) is 0. The first-order valence-corrected chi connectivity index (χ1v) is 8.26.